The number of likely N-dealkylation sites (tertiary alicyclic amines) is 1. The Kier molecular flexibility index (Phi) is 12.1. The zero-order chi connectivity index (χ0) is 27.6. The van der Waals surface area contributed by atoms with Crippen LogP contribution in [0.25, 0.3) is 0 Å². The lowest BCUT2D eigenvalue weighted by Gasteiger charge is -2.32. The minimum atomic E-state index is -0.228. The Labute approximate surface area is 247 Å². The minimum Gasteiger partial charge on any atom is -0.497 e. The zero-order valence-electron chi connectivity index (χ0n) is 23.0. The van der Waals surface area contributed by atoms with Gasteiger partial charge in [0.15, 0.2) is 0 Å². The van der Waals surface area contributed by atoms with Crippen LogP contribution in [0.4, 0.5) is 5.69 Å². The predicted octanol–water partition coefficient (Wildman–Crippen LogP) is 6.42. The summed E-state index contributed by atoms with van der Waals surface area (Å²) in [5, 5.41) is 6.40. The molecule has 0 radical (unpaired) electrons. The molecule has 1 heterocycles. The second-order valence-corrected chi connectivity index (χ2v) is 10.2. The SMILES string of the molecule is COc1ccc(C2CCN(CCCCNC(=O)c3ccc(NC(=O)c4ccc(Cl)cc4)cc3)CC2)c(OC)c1.Cl. The van der Waals surface area contributed by atoms with Gasteiger partial charge in [0, 0.05) is 34.4 Å². The van der Waals surface area contributed by atoms with Crippen molar-refractivity contribution in [2.45, 2.75) is 31.6 Å². The van der Waals surface area contributed by atoms with Crippen molar-refractivity contribution in [3.05, 3.63) is 88.4 Å². The van der Waals surface area contributed by atoms with Crippen LogP contribution in [0, 0.1) is 0 Å². The Bertz CT molecular complexity index is 1240. The van der Waals surface area contributed by atoms with Crippen LogP contribution in [-0.4, -0.2) is 57.1 Å². The highest BCUT2D eigenvalue weighted by Gasteiger charge is 2.23. The van der Waals surface area contributed by atoms with Gasteiger partial charge in [-0.15, -0.1) is 12.4 Å². The summed E-state index contributed by atoms with van der Waals surface area (Å²) >= 11 is 5.87. The summed E-state index contributed by atoms with van der Waals surface area (Å²) in [6, 6.07) is 19.7. The topological polar surface area (TPSA) is 79.9 Å². The van der Waals surface area contributed by atoms with Gasteiger partial charge in [-0.1, -0.05) is 17.7 Å². The number of nitrogens with one attached hydrogen (secondary N) is 2. The second-order valence-electron chi connectivity index (χ2n) is 9.73. The number of methoxy groups -OCH3 is 2. The van der Waals surface area contributed by atoms with E-state index in [-0.39, 0.29) is 24.2 Å². The minimum absolute atomic E-state index is 0. The molecule has 0 spiro atoms. The average Bonchev–Trinajstić information content (AvgIpc) is 2.97. The zero-order valence-corrected chi connectivity index (χ0v) is 24.5. The van der Waals surface area contributed by atoms with Gasteiger partial charge in [-0.3, -0.25) is 9.59 Å². The number of rotatable bonds is 11. The van der Waals surface area contributed by atoms with E-state index in [1.165, 1.54) is 5.56 Å². The van der Waals surface area contributed by atoms with Crippen LogP contribution >= 0.6 is 24.0 Å². The molecule has 4 rings (SSSR count). The molecule has 1 saturated heterocycles. The number of carbonyl (C=O) groups is 2. The highest BCUT2D eigenvalue weighted by atomic mass is 35.5. The molecule has 7 nitrogen and oxygen atoms in total. The smallest absolute Gasteiger partial charge is 0.255 e. The van der Waals surface area contributed by atoms with Crippen LogP contribution in [0.1, 0.15) is 57.9 Å². The Morgan fingerprint density at radius 3 is 2.17 bits per heavy atom. The first kappa shape index (κ1) is 31.3. The number of ether oxygens (including phenoxy) is 2. The fraction of sp³-hybridized carbons (Fsp3) is 0.355. The average molecular weight is 587 g/mol. The molecule has 3 aromatic carbocycles. The van der Waals surface area contributed by atoms with Gasteiger partial charge in [0.2, 0.25) is 0 Å². The third-order valence-electron chi connectivity index (χ3n) is 7.17. The maximum absolute atomic E-state index is 12.5. The van der Waals surface area contributed by atoms with Crippen molar-refractivity contribution in [1.29, 1.82) is 0 Å². The molecule has 0 aliphatic carbocycles. The van der Waals surface area contributed by atoms with E-state index in [1.807, 2.05) is 12.1 Å². The van der Waals surface area contributed by atoms with E-state index < -0.39 is 0 Å². The molecule has 0 bridgehead atoms. The molecule has 1 aliphatic heterocycles. The first-order valence-corrected chi connectivity index (χ1v) is 13.7. The molecule has 0 saturated carbocycles. The van der Waals surface area contributed by atoms with Crippen LogP contribution in [0.15, 0.2) is 66.7 Å². The fourth-order valence-corrected chi connectivity index (χ4v) is 5.02. The van der Waals surface area contributed by atoms with E-state index in [1.54, 1.807) is 62.8 Å². The lowest BCUT2D eigenvalue weighted by molar-refractivity contribution is 0.0951. The van der Waals surface area contributed by atoms with Gasteiger partial charge in [0.25, 0.3) is 11.8 Å². The van der Waals surface area contributed by atoms with E-state index in [0.29, 0.717) is 34.3 Å². The molecule has 2 amide bonds. The lowest BCUT2D eigenvalue weighted by atomic mass is 9.88. The van der Waals surface area contributed by atoms with Crippen LogP contribution in [0.2, 0.25) is 5.02 Å². The number of piperidine rings is 1. The van der Waals surface area contributed by atoms with E-state index in [2.05, 4.69) is 21.6 Å². The van der Waals surface area contributed by atoms with Crippen molar-refractivity contribution in [2.75, 3.05) is 45.7 Å². The van der Waals surface area contributed by atoms with Gasteiger partial charge in [-0.05, 0) is 111 Å². The highest BCUT2D eigenvalue weighted by molar-refractivity contribution is 6.30. The molecule has 0 aromatic heterocycles. The van der Waals surface area contributed by atoms with Crippen LogP contribution < -0.4 is 20.1 Å². The fourth-order valence-electron chi connectivity index (χ4n) is 4.90. The Morgan fingerprint density at radius 2 is 1.52 bits per heavy atom. The van der Waals surface area contributed by atoms with Gasteiger partial charge >= 0.3 is 0 Å². The number of unbranched alkanes of at least 4 members (excludes halogenated alkanes) is 1. The number of halogens is 2. The number of amides is 2. The van der Waals surface area contributed by atoms with Crippen molar-refractivity contribution in [3.63, 3.8) is 0 Å². The molecular formula is C31H37Cl2N3O4. The molecule has 1 fully saturated rings. The molecule has 40 heavy (non-hydrogen) atoms. The number of anilines is 1. The third kappa shape index (κ3) is 8.62. The van der Waals surface area contributed by atoms with Crippen molar-refractivity contribution >= 4 is 41.5 Å². The number of hydrogen-bond acceptors (Lipinski definition) is 5. The van der Waals surface area contributed by atoms with Gasteiger partial charge < -0.3 is 25.0 Å². The summed E-state index contributed by atoms with van der Waals surface area (Å²) in [5.74, 6) is 1.88. The molecular weight excluding hydrogens is 549 g/mol. The second kappa shape index (κ2) is 15.5. The normalized spacial score (nSPS) is 13.7. The molecule has 1 aliphatic rings. The maximum atomic E-state index is 12.5. The first-order chi connectivity index (χ1) is 19.0. The molecule has 0 unspecified atom stereocenters. The van der Waals surface area contributed by atoms with Gasteiger partial charge in [-0.25, -0.2) is 0 Å². The van der Waals surface area contributed by atoms with E-state index >= 15 is 0 Å². The summed E-state index contributed by atoms with van der Waals surface area (Å²) in [6.45, 7) is 3.79. The Hall–Kier alpha value is -3.26. The predicted molar refractivity (Wildman–Crippen MR) is 163 cm³/mol. The number of hydrogen-bond donors (Lipinski definition) is 2. The van der Waals surface area contributed by atoms with Crippen LogP contribution in [-0.2, 0) is 0 Å². The van der Waals surface area contributed by atoms with Gasteiger partial charge in [-0.2, -0.15) is 0 Å². The molecule has 2 N–H and O–H groups in total. The van der Waals surface area contributed by atoms with Crippen molar-refractivity contribution in [3.8, 4) is 11.5 Å². The summed E-state index contributed by atoms with van der Waals surface area (Å²) < 4.78 is 10.9. The van der Waals surface area contributed by atoms with Crippen molar-refractivity contribution < 1.29 is 19.1 Å². The Morgan fingerprint density at radius 1 is 0.875 bits per heavy atom. The third-order valence-corrected chi connectivity index (χ3v) is 7.42. The van der Waals surface area contributed by atoms with Crippen molar-refractivity contribution in [2.24, 2.45) is 0 Å². The van der Waals surface area contributed by atoms with Gasteiger partial charge in [0.05, 0.1) is 14.2 Å². The quantitative estimate of drug-likeness (QED) is 0.254. The monoisotopic (exact) mass is 585 g/mol. The first-order valence-electron chi connectivity index (χ1n) is 13.4. The van der Waals surface area contributed by atoms with Crippen molar-refractivity contribution in [1.82, 2.24) is 10.2 Å². The number of carbonyl (C=O) groups excluding carboxylic acids is 2. The highest BCUT2D eigenvalue weighted by Crippen LogP contribution is 2.36. The summed E-state index contributed by atoms with van der Waals surface area (Å²) in [5.41, 5.74) is 2.97. The van der Waals surface area contributed by atoms with E-state index in [0.717, 1.165) is 56.8 Å². The molecule has 0 atom stereocenters. The maximum Gasteiger partial charge on any atom is 0.255 e. The van der Waals surface area contributed by atoms with Crippen LogP contribution in [0.3, 0.4) is 0 Å². The number of nitrogens with zero attached hydrogens (tertiary/aromatic N) is 1. The molecule has 214 valence electrons. The summed E-state index contributed by atoms with van der Waals surface area (Å²) in [6.07, 6.45) is 4.17. The summed E-state index contributed by atoms with van der Waals surface area (Å²) in [4.78, 5) is 27.4. The largest absolute Gasteiger partial charge is 0.497 e. The molecule has 3 aromatic rings. The molecule has 9 heteroatoms. The standard InChI is InChI=1S/C31H36ClN3O4.ClH/c1-38-27-13-14-28(29(21-27)39-2)22-15-19-35(20-16-22)18-4-3-17-33-30(36)23-7-11-26(12-8-23)34-31(37)24-5-9-25(32)10-6-24;/h5-14,21-22H,3-4,15-20H2,1-2H3,(H,33,36)(H,34,37);1H. The van der Waals surface area contributed by atoms with E-state index in [9.17, 15) is 9.59 Å². The van der Waals surface area contributed by atoms with Crippen LogP contribution in [0.5, 0.6) is 11.5 Å². The van der Waals surface area contributed by atoms with E-state index in [4.69, 9.17) is 21.1 Å². The number of benzene rings is 3. The summed E-state index contributed by atoms with van der Waals surface area (Å²) in [7, 11) is 3.38. The lowest BCUT2D eigenvalue weighted by Crippen LogP contribution is -2.34. The van der Waals surface area contributed by atoms with Gasteiger partial charge in [0.1, 0.15) is 11.5 Å². The Balaban J connectivity index is 0.00000441.